The molecule has 2 heterocycles. The minimum atomic E-state index is 0.135. The van der Waals surface area contributed by atoms with Crippen LogP contribution in [0.1, 0.15) is 6.92 Å². The van der Waals surface area contributed by atoms with E-state index in [1.54, 1.807) is 23.1 Å². The van der Waals surface area contributed by atoms with E-state index in [0.29, 0.717) is 0 Å². The van der Waals surface area contributed by atoms with Crippen molar-refractivity contribution in [1.82, 2.24) is 9.97 Å². The summed E-state index contributed by atoms with van der Waals surface area (Å²) in [5, 5.41) is 14.0. The first-order chi connectivity index (χ1) is 12.2. The zero-order valence-electron chi connectivity index (χ0n) is 13.6. The topological polar surface area (TPSA) is 58.0 Å². The van der Waals surface area contributed by atoms with Gasteiger partial charge in [-0.15, -0.1) is 23.1 Å². The molecule has 2 aromatic carbocycles. The van der Waals surface area contributed by atoms with E-state index in [2.05, 4.69) is 45.6 Å². The summed E-state index contributed by atoms with van der Waals surface area (Å²) < 4.78 is 1.18. The number of aromatic nitrogens is 2. The van der Waals surface area contributed by atoms with Gasteiger partial charge in [-0.3, -0.25) is 4.98 Å². The zero-order valence-corrected chi connectivity index (χ0v) is 15.3. The molecule has 0 amide bonds. The first kappa shape index (κ1) is 16.3. The molecule has 4 rings (SSSR count). The van der Waals surface area contributed by atoms with Gasteiger partial charge in [0.05, 0.1) is 27.9 Å². The van der Waals surface area contributed by atoms with E-state index in [-0.39, 0.29) is 11.9 Å². The van der Waals surface area contributed by atoms with Crippen LogP contribution in [0.4, 0.5) is 11.4 Å². The molecule has 25 heavy (non-hydrogen) atoms. The molecule has 126 valence electrons. The molecule has 0 aliphatic rings. The van der Waals surface area contributed by atoms with Gasteiger partial charge in [-0.2, -0.15) is 0 Å². The maximum Gasteiger partial charge on any atom is 0.0858 e. The summed E-state index contributed by atoms with van der Waals surface area (Å²) in [5.41, 5.74) is 5.84. The third-order valence-corrected chi connectivity index (χ3v) is 5.87. The van der Waals surface area contributed by atoms with Gasteiger partial charge >= 0.3 is 0 Å². The lowest BCUT2D eigenvalue weighted by molar-refractivity contribution is 0.300. The van der Waals surface area contributed by atoms with Gasteiger partial charge in [0, 0.05) is 33.1 Å². The van der Waals surface area contributed by atoms with E-state index in [0.717, 1.165) is 32.7 Å². The van der Waals surface area contributed by atoms with Crippen molar-refractivity contribution >= 4 is 55.6 Å². The van der Waals surface area contributed by atoms with Crippen molar-refractivity contribution in [3.63, 3.8) is 0 Å². The van der Waals surface area contributed by atoms with Crippen LogP contribution < -0.4 is 5.32 Å². The number of nitrogens with zero attached hydrogens (tertiary/aromatic N) is 2. The van der Waals surface area contributed by atoms with Gasteiger partial charge in [-0.05, 0) is 30.3 Å². The van der Waals surface area contributed by atoms with E-state index < -0.39 is 0 Å². The smallest absolute Gasteiger partial charge is 0.0858 e. The average molecular weight is 367 g/mol. The number of hydrogen-bond donors (Lipinski definition) is 2. The predicted molar refractivity (Wildman–Crippen MR) is 107 cm³/mol. The van der Waals surface area contributed by atoms with Crippen molar-refractivity contribution in [2.45, 2.75) is 17.1 Å². The van der Waals surface area contributed by atoms with Gasteiger partial charge in [0.1, 0.15) is 0 Å². The van der Waals surface area contributed by atoms with Crippen LogP contribution in [0.2, 0.25) is 0 Å². The fourth-order valence-electron chi connectivity index (χ4n) is 2.70. The molecule has 1 atom stereocenters. The maximum absolute atomic E-state index is 9.33. The monoisotopic (exact) mass is 367 g/mol. The summed E-state index contributed by atoms with van der Waals surface area (Å²) in [5.74, 6) is 0. The van der Waals surface area contributed by atoms with Gasteiger partial charge < -0.3 is 10.4 Å². The third kappa shape index (κ3) is 3.33. The van der Waals surface area contributed by atoms with Crippen LogP contribution in [0.5, 0.6) is 0 Å². The Bertz CT molecular complexity index is 1030. The van der Waals surface area contributed by atoms with Crippen LogP contribution in [0, 0.1) is 0 Å². The van der Waals surface area contributed by atoms with Gasteiger partial charge in [0.15, 0.2) is 0 Å². The van der Waals surface area contributed by atoms with Crippen molar-refractivity contribution in [3.05, 3.63) is 54.2 Å². The van der Waals surface area contributed by atoms with Crippen LogP contribution in [0.25, 0.3) is 21.1 Å². The van der Waals surface area contributed by atoms with Crippen molar-refractivity contribution in [3.8, 4) is 0 Å². The minimum Gasteiger partial charge on any atom is -0.395 e. The highest BCUT2D eigenvalue weighted by Gasteiger charge is 2.10. The number of aliphatic hydroxyl groups excluding tert-OH is 1. The Hall–Kier alpha value is -2.15. The second kappa shape index (κ2) is 7.00. The summed E-state index contributed by atoms with van der Waals surface area (Å²) in [4.78, 5) is 10.0. The van der Waals surface area contributed by atoms with E-state index in [4.69, 9.17) is 0 Å². The third-order valence-electron chi connectivity index (χ3n) is 3.93. The molecular formula is C19H17N3OS2. The Morgan fingerprint density at radius 3 is 3.00 bits per heavy atom. The molecular weight excluding hydrogens is 350 g/mol. The Balaban J connectivity index is 1.73. The van der Waals surface area contributed by atoms with Gasteiger partial charge in [-0.25, -0.2) is 4.98 Å². The zero-order chi connectivity index (χ0) is 17.2. The molecule has 0 fully saturated rings. The van der Waals surface area contributed by atoms with E-state index >= 15 is 0 Å². The Labute approximate surface area is 153 Å². The number of rotatable bonds is 5. The average Bonchev–Trinajstić information content (AvgIpc) is 3.10. The molecule has 1 unspecified atom stereocenters. The van der Waals surface area contributed by atoms with E-state index in [1.807, 2.05) is 30.8 Å². The highest BCUT2D eigenvalue weighted by Crippen LogP contribution is 2.34. The van der Waals surface area contributed by atoms with Crippen molar-refractivity contribution in [2.75, 3.05) is 11.9 Å². The lowest BCUT2D eigenvalue weighted by Gasteiger charge is -2.13. The number of nitrogens with one attached hydrogen (secondary N) is 1. The quantitative estimate of drug-likeness (QED) is 0.483. The number of aliphatic hydroxyl groups is 1. The molecule has 4 nitrogen and oxygen atoms in total. The summed E-state index contributed by atoms with van der Waals surface area (Å²) >= 11 is 3.28. The number of anilines is 2. The summed E-state index contributed by atoms with van der Waals surface area (Å²) in [6.45, 7) is 2.15. The minimum absolute atomic E-state index is 0.135. The molecule has 0 saturated heterocycles. The first-order valence-corrected chi connectivity index (χ1v) is 9.76. The second-order valence-electron chi connectivity index (χ2n) is 5.78. The van der Waals surface area contributed by atoms with Gasteiger partial charge in [0.25, 0.3) is 0 Å². The molecule has 0 aliphatic heterocycles. The van der Waals surface area contributed by atoms with Crippen molar-refractivity contribution in [2.24, 2.45) is 0 Å². The molecule has 0 bridgehead atoms. The fourth-order valence-corrected chi connectivity index (χ4v) is 4.30. The van der Waals surface area contributed by atoms with Crippen molar-refractivity contribution in [1.29, 1.82) is 0 Å². The lowest BCUT2D eigenvalue weighted by Crippen LogP contribution is -2.02. The largest absolute Gasteiger partial charge is 0.395 e. The first-order valence-electron chi connectivity index (χ1n) is 8.00. The summed E-state index contributed by atoms with van der Waals surface area (Å²) in [7, 11) is 0. The number of hydrogen-bond acceptors (Lipinski definition) is 6. The number of benzene rings is 2. The molecule has 0 radical (unpaired) electrons. The van der Waals surface area contributed by atoms with E-state index in [1.165, 1.54) is 4.70 Å². The van der Waals surface area contributed by atoms with Crippen LogP contribution in [-0.4, -0.2) is 26.9 Å². The molecule has 6 heteroatoms. The highest BCUT2D eigenvalue weighted by molar-refractivity contribution is 8.00. The molecule has 0 aliphatic carbocycles. The van der Waals surface area contributed by atoms with Crippen LogP contribution in [-0.2, 0) is 0 Å². The Kier molecular flexibility index (Phi) is 4.57. The van der Waals surface area contributed by atoms with E-state index in [9.17, 15) is 5.11 Å². The molecule has 4 aromatic rings. The fraction of sp³-hybridized carbons (Fsp3) is 0.158. The number of para-hydroxylation sites is 1. The molecule has 0 spiro atoms. The Morgan fingerprint density at radius 1 is 1.20 bits per heavy atom. The number of thiazole rings is 1. The maximum atomic E-state index is 9.33. The molecule has 0 saturated carbocycles. The summed E-state index contributed by atoms with van der Waals surface area (Å²) in [6.07, 6.45) is 1.82. The van der Waals surface area contributed by atoms with Crippen molar-refractivity contribution < 1.29 is 5.11 Å². The van der Waals surface area contributed by atoms with Crippen LogP contribution >= 0.6 is 23.1 Å². The van der Waals surface area contributed by atoms with Gasteiger partial charge in [0.2, 0.25) is 0 Å². The standard InChI is InChI=1S/C19H17N3OS2/c1-12(10-23)25-18-4-2-3-14-15(7-8-20-19(14)18)22-13-5-6-17-16(9-13)21-11-24-17/h2-9,11-12,23H,10H2,1H3,(H,20,22). The molecule has 2 aromatic heterocycles. The van der Waals surface area contributed by atoms with Crippen LogP contribution in [0.15, 0.2) is 59.1 Å². The number of pyridine rings is 1. The van der Waals surface area contributed by atoms with Crippen LogP contribution in [0.3, 0.4) is 0 Å². The normalized spacial score (nSPS) is 12.6. The number of thioether (sulfide) groups is 1. The number of fused-ring (bicyclic) bond motifs is 2. The SMILES string of the molecule is CC(CO)Sc1cccc2c(Nc3ccc4scnc4c3)ccnc12. The predicted octanol–water partition coefficient (Wildman–Crippen LogP) is 5.06. The highest BCUT2D eigenvalue weighted by atomic mass is 32.2. The second-order valence-corrected chi connectivity index (χ2v) is 8.15. The molecule has 2 N–H and O–H groups in total. The lowest BCUT2D eigenvalue weighted by atomic mass is 10.2. The summed E-state index contributed by atoms with van der Waals surface area (Å²) in [6, 6.07) is 14.4. The van der Waals surface area contributed by atoms with Gasteiger partial charge in [-0.1, -0.05) is 19.1 Å². The Morgan fingerprint density at radius 2 is 2.12 bits per heavy atom.